The molecule has 0 N–H and O–H groups in total. The third-order valence-electron chi connectivity index (χ3n) is 6.59. The topological polar surface area (TPSA) is 87.5 Å². The quantitative estimate of drug-likeness (QED) is 0.179. The van der Waals surface area contributed by atoms with Gasteiger partial charge in [-0.25, -0.2) is 4.39 Å². The number of aliphatic imine (C=N–C) groups is 1. The molecule has 1 aromatic rings. The fourth-order valence-electron chi connectivity index (χ4n) is 5.11. The summed E-state index contributed by atoms with van der Waals surface area (Å²) in [6, 6.07) is 7.04. The maximum atomic E-state index is 13.5. The Balaban J connectivity index is 0.00000306. The van der Waals surface area contributed by atoms with Crippen LogP contribution in [0.1, 0.15) is 44.6 Å². The Bertz CT molecular complexity index is 870. The van der Waals surface area contributed by atoms with E-state index in [2.05, 4.69) is 14.8 Å². The molecule has 2 bridgehead atoms. The fraction of sp³-hybridized carbons (Fsp3) is 0.600. The second kappa shape index (κ2) is 16.2. The van der Waals surface area contributed by atoms with Crippen molar-refractivity contribution in [3.05, 3.63) is 41.2 Å². The van der Waals surface area contributed by atoms with Crippen molar-refractivity contribution < 1.29 is 40.2 Å². The standard InChI is InChI=1S/C25H36FN3O2S2.O.Re/c1-2-23(30)25-21(18-4-6-19(26)7-5-18)16-20-8-9-22(25)29(20)12-3-11-28(13-15-33)17-24(31)27-10-14-32;;/h4-7,20,22,32-33H,2-3,8-17H2,1H3,(H,27,31);;/q;-2;/p-3. The minimum absolute atomic E-state index is 0. The van der Waals surface area contributed by atoms with Gasteiger partial charge in [0.2, 0.25) is 0 Å². The average Bonchev–Trinajstić information content (AvgIpc) is 3.08. The molecule has 197 valence electrons. The van der Waals surface area contributed by atoms with Gasteiger partial charge in [0.1, 0.15) is 5.82 Å². The smallest absolute Gasteiger partial charge is 0.160 e. The SMILES string of the molecule is CCC(=O)C1=C(c2ccc(F)cc2)CC2CCC1N2CCCN(CC[S-])CC([O-])=NCC[S-].[O-2].[Re]. The maximum absolute atomic E-state index is 13.5. The van der Waals surface area contributed by atoms with E-state index in [1.54, 1.807) is 12.1 Å². The summed E-state index contributed by atoms with van der Waals surface area (Å²) >= 11 is 10.00. The van der Waals surface area contributed by atoms with Crippen molar-refractivity contribution in [2.45, 2.75) is 51.1 Å². The Morgan fingerprint density at radius 2 is 1.91 bits per heavy atom. The first-order valence-electron chi connectivity index (χ1n) is 11.8. The summed E-state index contributed by atoms with van der Waals surface area (Å²) in [5, 5.41) is 12.0. The number of fused-ring (bicyclic) bond motifs is 2. The second-order valence-corrected chi connectivity index (χ2v) is 9.49. The zero-order valence-corrected chi connectivity index (χ0v) is 24.4. The minimum atomic E-state index is -0.262. The molecule has 1 fully saturated rings. The van der Waals surface area contributed by atoms with Crippen molar-refractivity contribution in [1.29, 1.82) is 0 Å². The molecule has 0 aromatic heterocycles. The van der Waals surface area contributed by atoms with Gasteiger partial charge in [-0.3, -0.25) is 9.69 Å². The fourth-order valence-corrected chi connectivity index (χ4v) is 5.46. The number of benzene rings is 1. The summed E-state index contributed by atoms with van der Waals surface area (Å²) in [4.78, 5) is 21.5. The van der Waals surface area contributed by atoms with E-state index in [0.717, 1.165) is 55.5 Å². The van der Waals surface area contributed by atoms with Crippen LogP contribution in [0.4, 0.5) is 4.39 Å². The van der Waals surface area contributed by atoms with E-state index >= 15 is 0 Å². The van der Waals surface area contributed by atoms with Crippen LogP contribution in [0.3, 0.4) is 0 Å². The average molecular weight is 693 g/mol. The first-order valence-corrected chi connectivity index (χ1v) is 13.0. The van der Waals surface area contributed by atoms with Crippen molar-refractivity contribution >= 4 is 42.5 Å². The molecule has 3 rings (SSSR count). The number of Topliss-reactive ketones (excluding diaryl/α,β-unsaturated/α-hetero) is 1. The van der Waals surface area contributed by atoms with E-state index in [0.29, 0.717) is 37.1 Å². The Morgan fingerprint density at radius 1 is 1.20 bits per heavy atom. The normalized spacial score (nSPS) is 20.1. The van der Waals surface area contributed by atoms with Crippen molar-refractivity contribution in [1.82, 2.24) is 9.80 Å². The monoisotopic (exact) mass is 693 g/mol. The van der Waals surface area contributed by atoms with Gasteiger partial charge in [-0.05, 0) is 67.9 Å². The van der Waals surface area contributed by atoms with Crippen LogP contribution in [0, 0.1) is 5.82 Å². The van der Waals surface area contributed by atoms with Crippen LogP contribution in [0.25, 0.3) is 5.57 Å². The van der Waals surface area contributed by atoms with Crippen molar-refractivity contribution in [2.24, 2.45) is 4.99 Å². The van der Waals surface area contributed by atoms with Crippen molar-refractivity contribution in [2.75, 3.05) is 44.2 Å². The first kappa shape index (κ1) is 32.3. The zero-order valence-electron chi connectivity index (χ0n) is 20.1. The molecule has 2 aliphatic heterocycles. The van der Waals surface area contributed by atoms with Gasteiger partial charge in [-0.15, -0.1) is 0 Å². The number of hydrogen-bond acceptors (Lipinski definition) is 7. The van der Waals surface area contributed by atoms with Crippen LogP contribution in [0.15, 0.2) is 34.8 Å². The van der Waals surface area contributed by atoms with Crippen molar-refractivity contribution in [3.8, 4) is 0 Å². The summed E-state index contributed by atoms with van der Waals surface area (Å²) in [5.41, 5.74) is 2.97. The van der Waals surface area contributed by atoms with Crippen LogP contribution in [-0.2, 0) is 56.0 Å². The Kier molecular flexibility index (Phi) is 14.9. The Morgan fingerprint density at radius 3 is 2.54 bits per heavy atom. The van der Waals surface area contributed by atoms with Gasteiger partial charge < -0.3 is 45.7 Å². The van der Waals surface area contributed by atoms with Crippen LogP contribution >= 0.6 is 0 Å². The number of rotatable bonds is 13. The van der Waals surface area contributed by atoms with Gasteiger partial charge in [0.15, 0.2) is 5.78 Å². The molecule has 2 atom stereocenters. The molecule has 0 spiro atoms. The molecule has 1 saturated heterocycles. The van der Waals surface area contributed by atoms with Gasteiger partial charge in [-0.2, -0.15) is 11.5 Å². The first-order chi connectivity index (χ1) is 16.0. The van der Waals surface area contributed by atoms with E-state index in [1.807, 2.05) is 6.92 Å². The molecule has 10 heteroatoms. The van der Waals surface area contributed by atoms with Crippen molar-refractivity contribution in [3.63, 3.8) is 0 Å². The Hall–Kier alpha value is -0.728. The maximum Gasteiger partial charge on any atom is 0.160 e. The van der Waals surface area contributed by atoms with E-state index in [9.17, 15) is 14.3 Å². The van der Waals surface area contributed by atoms with Gasteiger partial charge in [0, 0.05) is 64.1 Å². The molecule has 6 nitrogen and oxygen atoms in total. The summed E-state index contributed by atoms with van der Waals surface area (Å²) in [5.74, 6) is 0.816. The largest absolute Gasteiger partial charge is 2.00 e. The number of carbonyl (C=O) groups is 1. The predicted molar refractivity (Wildman–Crippen MR) is 135 cm³/mol. The molecule has 0 saturated carbocycles. The number of halogens is 1. The summed E-state index contributed by atoms with van der Waals surface area (Å²) < 4.78 is 13.5. The molecule has 35 heavy (non-hydrogen) atoms. The molecule has 2 aliphatic rings. The summed E-state index contributed by atoms with van der Waals surface area (Å²) in [7, 11) is 0. The van der Waals surface area contributed by atoms with E-state index < -0.39 is 0 Å². The van der Waals surface area contributed by atoms with Gasteiger partial charge >= 0.3 is 0 Å². The van der Waals surface area contributed by atoms with E-state index in [-0.39, 0.29) is 56.0 Å². The number of hydrogen-bond donors (Lipinski definition) is 0. The number of carbonyl (C=O) groups excluding carboxylic acids is 1. The molecule has 2 unspecified atom stereocenters. The van der Waals surface area contributed by atoms with Gasteiger partial charge in [0.05, 0.1) is 0 Å². The second-order valence-electron chi connectivity index (χ2n) is 8.68. The van der Waals surface area contributed by atoms with Crippen LogP contribution in [0.2, 0.25) is 0 Å². The molecular formula is C25H33FN3O3ReS2-5. The van der Waals surface area contributed by atoms with Crippen LogP contribution < -0.4 is 5.11 Å². The number of ketones is 1. The minimum Gasteiger partial charge on any atom is -2.00 e. The zero-order chi connectivity index (χ0) is 23.8. The third kappa shape index (κ3) is 8.67. The van der Waals surface area contributed by atoms with Crippen LogP contribution in [0.5, 0.6) is 0 Å². The molecule has 1 aromatic carbocycles. The molecule has 0 aliphatic carbocycles. The van der Waals surface area contributed by atoms with Crippen LogP contribution in [-0.4, -0.2) is 77.8 Å². The molecular weight excluding hydrogens is 660 g/mol. The summed E-state index contributed by atoms with van der Waals surface area (Å²) in [6.45, 7) is 4.91. The van der Waals surface area contributed by atoms with E-state index in [1.165, 1.54) is 12.1 Å². The van der Waals surface area contributed by atoms with E-state index in [4.69, 9.17) is 25.3 Å². The molecule has 1 radical (unpaired) electrons. The predicted octanol–water partition coefficient (Wildman–Crippen LogP) is 2.22. The summed E-state index contributed by atoms with van der Waals surface area (Å²) in [6.07, 6.45) is 4.22. The Labute approximate surface area is 233 Å². The number of nitrogens with zero attached hydrogens (tertiary/aromatic N) is 3. The third-order valence-corrected chi connectivity index (χ3v) is 6.96. The molecule has 0 amide bonds. The van der Waals surface area contributed by atoms with Gasteiger partial charge in [-0.1, -0.05) is 19.1 Å². The van der Waals surface area contributed by atoms with Gasteiger partial charge in [0.25, 0.3) is 0 Å². The molecule has 2 heterocycles.